The van der Waals surface area contributed by atoms with Crippen LogP contribution in [-0.2, 0) is 4.79 Å². The van der Waals surface area contributed by atoms with Crippen LogP contribution in [0.2, 0.25) is 0 Å². The number of hydrogen-bond acceptors (Lipinski definition) is 5. The molecule has 0 aliphatic heterocycles. The molecule has 2 N–H and O–H groups in total. The van der Waals surface area contributed by atoms with E-state index in [4.69, 9.17) is 4.74 Å². The number of anilines is 1. The standard InChI is InChI=1S/C27H25N5O2S/c1-17-8-13-23(18(2)14-17)29-25(33)16-35-27-31-30-26(22-15-28-24-7-5-4-6-21(22)24)32(27)19-9-11-20(34-3)12-10-19/h4-15,28H,16H2,1-3H3,(H,29,33). The zero-order valence-corrected chi connectivity index (χ0v) is 20.5. The quantitative estimate of drug-likeness (QED) is 0.287. The molecule has 0 aliphatic rings. The van der Waals surface area contributed by atoms with Gasteiger partial charge in [0.25, 0.3) is 0 Å². The molecule has 2 aromatic heterocycles. The van der Waals surface area contributed by atoms with E-state index in [1.54, 1.807) is 7.11 Å². The molecule has 0 radical (unpaired) electrons. The fourth-order valence-electron chi connectivity index (χ4n) is 4.03. The second-order valence-electron chi connectivity index (χ2n) is 8.24. The predicted molar refractivity (Wildman–Crippen MR) is 140 cm³/mol. The number of H-pyrrole nitrogens is 1. The number of aromatic nitrogens is 4. The summed E-state index contributed by atoms with van der Waals surface area (Å²) < 4.78 is 7.30. The number of carbonyl (C=O) groups is 1. The molecule has 0 spiro atoms. The van der Waals surface area contributed by atoms with Gasteiger partial charge in [0.2, 0.25) is 5.91 Å². The van der Waals surface area contributed by atoms with E-state index in [9.17, 15) is 4.79 Å². The topological polar surface area (TPSA) is 84.8 Å². The van der Waals surface area contributed by atoms with Crippen LogP contribution < -0.4 is 10.1 Å². The van der Waals surface area contributed by atoms with Crippen molar-refractivity contribution >= 4 is 34.3 Å². The molecule has 35 heavy (non-hydrogen) atoms. The van der Waals surface area contributed by atoms with Crippen molar-refractivity contribution in [1.82, 2.24) is 19.7 Å². The van der Waals surface area contributed by atoms with Crippen LogP contribution in [0.5, 0.6) is 5.75 Å². The van der Waals surface area contributed by atoms with Crippen molar-refractivity contribution in [3.05, 3.63) is 84.1 Å². The molecule has 0 atom stereocenters. The third-order valence-electron chi connectivity index (χ3n) is 5.78. The highest BCUT2D eigenvalue weighted by Gasteiger charge is 2.20. The summed E-state index contributed by atoms with van der Waals surface area (Å²) in [6, 6.07) is 21.8. The molecule has 176 valence electrons. The lowest BCUT2D eigenvalue weighted by atomic mass is 10.1. The van der Waals surface area contributed by atoms with Crippen LogP contribution in [0.3, 0.4) is 0 Å². The summed E-state index contributed by atoms with van der Waals surface area (Å²) in [5.41, 5.74) is 5.86. The van der Waals surface area contributed by atoms with Gasteiger partial charge in [-0.1, -0.05) is 47.7 Å². The van der Waals surface area contributed by atoms with E-state index in [0.717, 1.165) is 44.7 Å². The number of hydrogen-bond donors (Lipinski definition) is 2. The number of aryl methyl sites for hydroxylation is 2. The summed E-state index contributed by atoms with van der Waals surface area (Å²) in [6.45, 7) is 4.02. The Morgan fingerprint density at radius 3 is 2.63 bits per heavy atom. The third-order valence-corrected chi connectivity index (χ3v) is 6.71. The summed E-state index contributed by atoms with van der Waals surface area (Å²) >= 11 is 1.35. The first-order valence-corrected chi connectivity index (χ1v) is 12.2. The Kier molecular flexibility index (Phi) is 6.29. The van der Waals surface area contributed by atoms with Gasteiger partial charge in [-0.05, 0) is 55.8 Å². The Morgan fingerprint density at radius 2 is 1.86 bits per heavy atom. The maximum atomic E-state index is 12.8. The Morgan fingerprint density at radius 1 is 1.06 bits per heavy atom. The molecule has 0 saturated carbocycles. The number of para-hydroxylation sites is 1. The van der Waals surface area contributed by atoms with Crippen LogP contribution >= 0.6 is 11.8 Å². The monoisotopic (exact) mass is 483 g/mol. The zero-order chi connectivity index (χ0) is 24.4. The number of thioether (sulfide) groups is 1. The molecule has 5 aromatic rings. The molecule has 0 bridgehead atoms. The lowest BCUT2D eigenvalue weighted by molar-refractivity contribution is -0.113. The van der Waals surface area contributed by atoms with Gasteiger partial charge in [-0.2, -0.15) is 0 Å². The second-order valence-corrected chi connectivity index (χ2v) is 9.19. The summed E-state index contributed by atoms with van der Waals surface area (Å²) in [7, 11) is 1.64. The van der Waals surface area contributed by atoms with E-state index >= 15 is 0 Å². The minimum atomic E-state index is -0.0973. The number of nitrogens with zero attached hydrogens (tertiary/aromatic N) is 3. The first-order chi connectivity index (χ1) is 17.0. The van der Waals surface area contributed by atoms with Gasteiger partial charge >= 0.3 is 0 Å². The lowest BCUT2D eigenvalue weighted by Crippen LogP contribution is -2.15. The first-order valence-electron chi connectivity index (χ1n) is 11.2. The maximum Gasteiger partial charge on any atom is 0.234 e. The van der Waals surface area contributed by atoms with Gasteiger partial charge in [0.15, 0.2) is 11.0 Å². The van der Waals surface area contributed by atoms with Gasteiger partial charge in [-0.15, -0.1) is 10.2 Å². The van der Waals surface area contributed by atoms with Crippen molar-refractivity contribution in [2.45, 2.75) is 19.0 Å². The van der Waals surface area contributed by atoms with Crippen LogP contribution in [0.1, 0.15) is 11.1 Å². The van der Waals surface area contributed by atoms with E-state index in [0.29, 0.717) is 11.0 Å². The molecule has 3 aromatic carbocycles. The number of carbonyl (C=O) groups excluding carboxylic acids is 1. The molecule has 0 fully saturated rings. The Bertz CT molecular complexity index is 1500. The van der Waals surface area contributed by atoms with Crippen LogP contribution in [0.25, 0.3) is 28.0 Å². The smallest absolute Gasteiger partial charge is 0.234 e. The average molecular weight is 484 g/mol. The summed E-state index contributed by atoms with van der Waals surface area (Å²) in [5, 5.41) is 13.7. The zero-order valence-electron chi connectivity index (χ0n) is 19.7. The lowest BCUT2D eigenvalue weighted by Gasteiger charge is -2.12. The third kappa shape index (κ3) is 4.65. The van der Waals surface area contributed by atoms with E-state index in [2.05, 4.69) is 32.6 Å². The predicted octanol–water partition coefficient (Wildman–Crippen LogP) is 5.77. The van der Waals surface area contributed by atoms with Crippen LogP contribution in [-0.4, -0.2) is 38.5 Å². The summed E-state index contributed by atoms with van der Waals surface area (Å²) in [4.78, 5) is 16.1. The number of nitrogens with one attached hydrogen (secondary N) is 2. The van der Waals surface area contributed by atoms with Crippen molar-refractivity contribution < 1.29 is 9.53 Å². The number of benzene rings is 3. The van der Waals surface area contributed by atoms with E-state index < -0.39 is 0 Å². The summed E-state index contributed by atoms with van der Waals surface area (Å²) in [6.07, 6.45) is 1.94. The minimum absolute atomic E-state index is 0.0973. The van der Waals surface area contributed by atoms with E-state index in [1.807, 2.05) is 79.2 Å². The molecule has 8 heteroatoms. The van der Waals surface area contributed by atoms with Crippen molar-refractivity contribution in [3.63, 3.8) is 0 Å². The number of ether oxygens (including phenoxy) is 1. The maximum absolute atomic E-state index is 12.8. The molecular formula is C27H25N5O2S. The fraction of sp³-hybridized carbons (Fsp3) is 0.148. The number of fused-ring (bicyclic) bond motifs is 1. The molecular weight excluding hydrogens is 458 g/mol. The minimum Gasteiger partial charge on any atom is -0.497 e. The molecule has 0 saturated heterocycles. The highest BCUT2D eigenvalue weighted by atomic mass is 32.2. The highest BCUT2D eigenvalue weighted by Crippen LogP contribution is 2.33. The van der Waals surface area contributed by atoms with Crippen molar-refractivity contribution in [2.24, 2.45) is 0 Å². The van der Waals surface area contributed by atoms with Gasteiger partial charge < -0.3 is 15.0 Å². The fourth-order valence-corrected chi connectivity index (χ4v) is 4.78. The molecule has 7 nitrogen and oxygen atoms in total. The van der Waals surface area contributed by atoms with Crippen molar-refractivity contribution in [3.8, 4) is 22.8 Å². The molecule has 2 heterocycles. The van der Waals surface area contributed by atoms with Crippen molar-refractivity contribution in [2.75, 3.05) is 18.2 Å². The average Bonchev–Trinajstić information content (AvgIpc) is 3.48. The highest BCUT2D eigenvalue weighted by molar-refractivity contribution is 7.99. The Balaban J connectivity index is 1.47. The van der Waals surface area contributed by atoms with Crippen LogP contribution in [0, 0.1) is 13.8 Å². The Labute approximate surface area is 207 Å². The van der Waals surface area contributed by atoms with E-state index in [-0.39, 0.29) is 11.7 Å². The van der Waals surface area contributed by atoms with Crippen molar-refractivity contribution in [1.29, 1.82) is 0 Å². The van der Waals surface area contributed by atoms with Gasteiger partial charge in [0.05, 0.1) is 12.9 Å². The van der Waals surface area contributed by atoms with Crippen LogP contribution in [0.4, 0.5) is 5.69 Å². The first kappa shape index (κ1) is 22.7. The van der Waals surface area contributed by atoms with Gasteiger partial charge in [-0.3, -0.25) is 9.36 Å². The van der Waals surface area contributed by atoms with Gasteiger partial charge in [-0.25, -0.2) is 0 Å². The van der Waals surface area contributed by atoms with E-state index in [1.165, 1.54) is 11.8 Å². The normalized spacial score (nSPS) is 11.1. The molecule has 0 unspecified atom stereocenters. The SMILES string of the molecule is COc1ccc(-n2c(SCC(=O)Nc3ccc(C)cc3C)nnc2-c2c[nH]c3ccccc23)cc1. The molecule has 1 amide bonds. The van der Waals surface area contributed by atoms with Gasteiger partial charge in [0.1, 0.15) is 5.75 Å². The number of methoxy groups -OCH3 is 1. The molecule has 5 rings (SSSR count). The number of aromatic amines is 1. The summed E-state index contributed by atoms with van der Waals surface area (Å²) in [5.74, 6) is 1.57. The molecule has 0 aliphatic carbocycles. The van der Waals surface area contributed by atoms with Gasteiger partial charge in [0, 0.05) is 34.0 Å². The largest absolute Gasteiger partial charge is 0.497 e. The number of amides is 1. The second kappa shape index (κ2) is 9.68. The van der Waals surface area contributed by atoms with Crippen LogP contribution in [0.15, 0.2) is 78.1 Å². The Hall–Kier alpha value is -4.04. The number of rotatable bonds is 7.